The Morgan fingerprint density at radius 2 is 2.38 bits per heavy atom. The van der Waals surface area contributed by atoms with Crippen LogP contribution >= 0.6 is 0 Å². The van der Waals surface area contributed by atoms with Gasteiger partial charge in [-0.25, -0.2) is 4.79 Å². The van der Waals surface area contributed by atoms with Crippen molar-refractivity contribution in [2.75, 3.05) is 20.3 Å². The third-order valence-electron chi connectivity index (χ3n) is 4.29. The van der Waals surface area contributed by atoms with Crippen LogP contribution in [-0.2, 0) is 11.8 Å². The molecule has 1 fully saturated rings. The highest BCUT2D eigenvalue weighted by molar-refractivity contribution is 5.75. The summed E-state index contributed by atoms with van der Waals surface area (Å²) < 4.78 is 12.7. The van der Waals surface area contributed by atoms with E-state index in [1.54, 1.807) is 13.4 Å². The lowest BCUT2D eigenvalue weighted by atomic mass is 10.2. The van der Waals surface area contributed by atoms with Crippen LogP contribution in [0, 0.1) is 6.92 Å². The summed E-state index contributed by atoms with van der Waals surface area (Å²) in [5.41, 5.74) is 0. The predicted octanol–water partition coefficient (Wildman–Crippen LogP) is 1.95. The number of hydrogen-bond donors (Lipinski definition) is 1. The molecule has 1 aliphatic rings. The molecular formula is C16H23N5O3. The normalized spacial score (nSPS) is 18.8. The van der Waals surface area contributed by atoms with E-state index in [0.29, 0.717) is 18.9 Å². The van der Waals surface area contributed by atoms with Crippen molar-refractivity contribution < 1.29 is 13.9 Å². The number of methoxy groups -OCH3 is 1. The van der Waals surface area contributed by atoms with Crippen LogP contribution in [0.15, 0.2) is 22.9 Å². The first-order valence-electron chi connectivity index (χ1n) is 8.06. The van der Waals surface area contributed by atoms with Gasteiger partial charge in [0.2, 0.25) is 0 Å². The molecule has 24 heavy (non-hydrogen) atoms. The predicted molar refractivity (Wildman–Crippen MR) is 86.3 cm³/mol. The number of furan rings is 1. The number of nitrogens with one attached hydrogen (secondary N) is 1. The van der Waals surface area contributed by atoms with E-state index in [1.165, 1.54) is 0 Å². The van der Waals surface area contributed by atoms with Crippen LogP contribution in [0.25, 0.3) is 0 Å². The summed E-state index contributed by atoms with van der Waals surface area (Å²) in [5, 5.41) is 11.1. The van der Waals surface area contributed by atoms with Crippen molar-refractivity contribution in [3.8, 4) is 0 Å². The smallest absolute Gasteiger partial charge is 0.318 e. The van der Waals surface area contributed by atoms with E-state index >= 15 is 0 Å². The monoisotopic (exact) mass is 333 g/mol. The van der Waals surface area contributed by atoms with Gasteiger partial charge in [0.15, 0.2) is 5.82 Å². The molecule has 3 rings (SSSR count). The second-order valence-electron chi connectivity index (χ2n) is 6.06. The van der Waals surface area contributed by atoms with Gasteiger partial charge < -0.3 is 23.9 Å². The van der Waals surface area contributed by atoms with Crippen molar-refractivity contribution in [2.45, 2.75) is 31.8 Å². The molecule has 130 valence electrons. The lowest BCUT2D eigenvalue weighted by Gasteiger charge is -2.26. The van der Waals surface area contributed by atoms with E-state index in [2.05, 4.69) is 15.5 Å². The van der Waals surface area contributed by atoms with Crippen LogP contribution in [-0.4, -0.2) is 46.0 Å². The molecule has 0 aromatic carbocycles. The van der Waals surface area contributed by atoms with Crippen LogP contribution in [0.3, 0.4) is 0 Å². The number of nitrogens with zero attached hydrogens (tertiary/aromatic N) is 4. The molecule has 8 nitrogen and oxygen atoms in total. The largest absolute Gasteiger partial charge is 0.464 e. The molecule has 1 saturated heterocycles. The number of likely N-dealkylation sites (tertiary alicyclic amines) is 1. The van der Waals surface area contributed by atoms with Gasteiger partial charge in [0.1, 0.15) is 23.9 Å². The van der Waals surface area contributed by atoms with Gasteiger partial charge in [-0.1, -0.05) is 0 Å². The Balaban J connectivity index is 1.73. The molecule has 2 aromatic heterocycles. The van der Waals surface area contributed by atoms with Gasteiger partial charge in [-0.2, -0.15) is 0 Å². The maximum atomic E-state index is 12.8. The second-order valence-corrected chi connectivity index (χ2v) is 6.06. The molecule has 2 atom stereocenters. The standard InChI is InChI=1S/C16H23N5O3/c1-11-6-7-14(24-11)12(9-23-3)18-16(22)21-8-4-5-13(21)15-19-17-10-20(15)2/h6-7,10,12-13H,4-5,8-9H2,1-3H3,(H,18,22). The van der Waals surface area contributed by atoms with Gasteiger partial charge >= 0.3 is 6.03 Å². The van der Waals surface area contributed by atoms with E-state index in [-0.39, 0.29) is 18.1 Å². The summed E-state index contributed by atoms with van der Waals surface area (Å²) in [6, 6.07) is 3.22. The average molecular weight is 333 g/mol. The number of aromatic nitrogens is 3. The third-order valence-corrected chi connectivity index (χ3v) is 4.29. The highest BCUT2D eigenvalue weighted by Crippen LogP contribution is 2.30. The number of aryl methyl sites for hydroxylation is 2. The number of amides is 2. The fourth-order valence-corrected chi connectivity index (χ4v) is 3.11. The molecule has 0 spiro atoms. The maximum absolute atomic E-state index is 12.8. The minimum absolute atomic E-state index is 0.0565. The van der Waals surface area contributed by atoms with Crippen LogP contribution < -0.4 is 5.32 Å². The van der Waals surface area contributed by atoms with Crippen LogP contribution in [0.4, 0.5) is 4.79 Å². The second kappa shape index (κ2) is 7.04. The van der Waals surface area contributed by atoms with E-state index < -0.39 is 0 Å². The lowest BCUT2D eigenvalue weighted by molar-refractivity contribution is 0.144. The highest BCUT2D eigenvalue weighted by atomic mass is 16.5. The minimum Gasteiger partial charge on any atom is -0.464 e. The zero-order chi connectivity index (χ0) is 17.1. The van der Waals surface area contributed by atoms with Crippen molar-refractivity contribution in [3.63, 3.8) is 0 Å². The Morgan fingerprint density at radius 3 is 3.00 bits per heavy atom. The zero-order valence-electron chi connectivity index (χ0n) is 14.2. The Hall–Kier alpha value is -2.35. The van der Waals surface area contributed by atoms with Gasteiger partial charge in [-0.05, 0) is 31.9 Å². The van der Waals surface area contributed by atoms with E-state index in [9.17, 15) is 4.79 Å². The van der Waals surface area contributed by atoms with Gasteiger partial charge in [-0.15, -0.1) is 10.2 Å². The lowest BCUT2D eigenvalue weighted by Crippen LogP contribution is -2.42. The Kier molecular flexibility index (Phi) is 4.84. The zero-order valence-corrected chi connectivity index (χ0v) is 14.2. The Morgan fingerprint density at radius 1 is 1.54 bits per heavy atom. The van der Waals surface area contributed by atoms with E-state index in [4.69, 9.17) is 9.15 Å². The molecule has 8 heteroatoms. The minimum atomic E-state index is -0.322. The molecule has 0 bridgehead atoms. The van der Waals surface area contributed by atoms with Crippen molar-refractivity contribution in [1.82, 2.24) is 25.0 Å². The SMILES string of the molecule is COCC(NC(=O)N1CCCC1c1nncn1C)c1ccc(C)o1. The highest BCUT2D eigenvalue weighted by Gasteiger charge is 2.34. The van der Waals surface area contributed by atoms with Gasteiger partial charge in [0.05, 0.1) is 12.6 Å². The first-order valence-corrected chi connectivity index (χ1v) is 8.06. The van der Waals surface area contributed by atoms with Crippen LogP contribution in [0.2, 0.25) is 0 Å². The summed E-state index contributed by atoms with van der Waals surface area (Å²) in [4.78, 5) is 14.6. The Labute approximate surface area is 140 Å². The molecule has 2 aromatic rings. The third kappa shape index (κ3) is 3.28. The molecular weight excluding hydrogens is 310 g/mol. The number of ether oxygens (including phenoxy) is 1. The van der Waals surface area contributed by atoms with Crippen LogP contribution in [0.1, 0.15) is 42.3 Å². The summed E-state index contributed by atoms with van der Waals surface area (Å²) >= 11 is 0. The molecule has 2 unspecified atom stereocenters. The molecule has 1 aliphatic heterocycles. The first-order chi connectivity index (χ1) is 11.6. The molecule has 0 saturated carbocycles. The number of hydrogen-bond acceptors (Lipinski definition) is 5. The van der Waals surface area contributed by atoms with E-state index in [0.717, 1.165) is 24.4 Å². The fraction of sp³-hybridized carbons (Fsp3) is 0.562. The summed E-state index contributed by atoms with van der Waals surface area (Å²) in [7, 11) is 3.50. The van der Waals surface area contributed by atoms with Crippen molar-refractivity contribution in [3.05, 3.63) is 35.8 Å². The number of urea groups is 1. The molecule has 0 aliphatic carbocycles. The van der Waals surface area contributed by atoms with Gasteiger partial charge in [-0.3, -0.25) is 0 Å². The molecule has 0 radical (unpaired) electrons. The fourth-order valence-electron chi connectivity index (χ4n) is 3.11. The first kappa shape index (κ1) is 16.5. The van der Waals surface area contributed by atoms with Crippen molar-refractivity contribution in [2.24, 2.45) is 7.05 Å². The summed E-state index contributed by atoms with van der Waals surface area (Å²) in [6.45, 7) is 2.92. The average Bonchev–Trinajstić information content (AvgIpc) is 3.26. The van der Waals surface area contributed by atoms with Crippen LogP contribution in [0.5, 0.6) is 0 Å². The molecule has 3 heterocycles. The van der Waals surface area contributed by atoms with Crippen molar-refractivity contribution in [1.29, 1.82) is 0 Å². The number of carbonyl (C=O) groups is 1. The number of rotatable bonds is 5. The quantitative estimate of drug-likeness (QED) is 0.904. The van der Waals surface area contributed by atoms with Gasteiger partial charge in [0, 0.05) is 20.7 Å². The maximum Gasteiger partial charge on any atom is 0.318 e. The Bertz CT molecular complexity index is 695. The van der Waals surface area contributed by atoms with E-state index in [1.807, 2.05) is 35.6 Å². The molecule has 2 amide bonds. The number of carbonyl (C=O) groups excluding carboxylic acids is 1. The molecule has 1 N–H and O–H groups in total. The topological polar surface area (TPSA) is 85.4 Å². The summed E-state index contributed by atoms with van der Waals surface area (Å²) in [5.74, 6) is 2.30. The van der Waals surface area contributed by atoms with Gasteiger partial charge in [0.25, 0.3) is 0 Å². The van der Waals surface area contributed by atoms with Crippen molar-refractivity contribution >= 4 is 6.03 Å². The summed E-state index contributed by atoms with van der Waals surface area (Å²) in [6.07, 6.45) is 3.48.